The number of carbonyl (C=O) groups excluding carboxylic acids is 1. The molecule has 0 saturated carbocycles. The third-order valence-electron chi connectivity index (χ3n) is 6.28. The van der Waals surface area contributed by atoms with Crippen LogP contribution in [0.3, 0.4) is 0 Å². The molecule has 0 aliphatic carbocycles. The van der Waals surface area contributed by atoms with Crippen LogP contribution in [0.4, 0.5) is 17.6 Å². The average molecular weight is 586 g/mol. The van der Waals surface area contributed by atoms with Crippen LogP contribution < -0.4 is 0 Å². The molecule has 38 heavy (non-hydrogen) atoms. The van der Waals surface area contributed by atoms with E-state index in [-0.39, 0.29) is 33.2 Å². The number of halogens is 5. The molecule has 0 radical (unpaired) electrons. The maximum absolute atomic E-state index is 14.3. The van der Waals surface area contributed by atoms with Gasteiger partial charge in [0.25, 0.3) is 0 Å². The van der Waals surface area contributed by atoms with E-state index in [1.165, 1.54) is 29.5 Å². The highest BCUT2D eigenvalue weighted by molar-refractivity contribution is 7.99. The predicted octanol–water partition coefficient (Wildman–Crippen LogP) is 6.11. The number of nitrogens with zero attached hydrogens (tertiary/aromatic N) is 5. The molecule has 2 aliphatic rings. The van der Waals surface area contributed by atoms with Crippen molar-refractivity contribution in [2.24, 2.45) is 5.16 Å². The zero-order valence-electron chi connectivity index (χ0n) is 19.6. The molecule has 0 spiro atoms. The molecule has 3 aromatic rings. The van der Waals surface area contributed by atoms with Gasteiger partial charge in [-0.1, -0.05) is 34.6 Å². The quantitative estimate of drug-likeness (QED) is 0.257. The summed E-state index contributed by atoms with van der Waals surface area (Å²) in [5.74, 6) is -0.291. The molecule has 1 unspecified atom stereocenters. The Bertz CT molecular complexity index is 1320. The van der Waals surface area contributed by atoms with Gasteiger partial charge < -0.3 is 9.74 Å². The summed E-state index contributed by atoms with van der Waals surface area (Å²) in [7, 11) is 0. The fourth-order valence-electron chi connectivity index (χ4n) is 4.26. The number of oxime groups is 1. The molecular formula is C24H20ClF4N5O2S2. The monoisotopic (exact) mass is 585 g/mol. The van der Waals surface area contributed by atoms with Gasteiger partial charge in [-0.3, -0.25) is 4.79 Å². The molecule has 1 fully saturated rings. The number of thiazole rings is 1. The van der Waals surface area contributed by atoms with Gasteiger partial charge in [0, 0.05) is 36.4 Å². The summed E-state index contributed by atoms with van der Waals surface area (Å²) in [4.78, 5) is 24.6. The van der Waals surface area contributed by atoms with Gasteiger partial charge in [0.15, 0.2) is 11.8 Å². The first-order chi connectivity index (χ1) is 18.2. The Morgan fingerprint density at radius 3 is 2.66 bits per heavy atom. The summed E-state index contributed by atoms with van der Waals surface area (Å²) >= 11 is 8.73. The number of hydrogen-bond acceptors (Lipinski definition) is 8. The smallest absolute Gasteiger partial charge is 0.387 e. The zero-order valence-corrected chi connectivity index (χ0v) is 22.0. The average Bonchev–Trinajstić information content (AvgIpc) is 3.57. The van der Waals surface area contributed by atoms with Gasteiger partial charge in [0.1, 0.15) is 16.6 Å². The highest BCUT2D eigenvalue weighted by atomic mass is 35.5. The Kier molecular flexibility index (Phi) is 7.87. The lowest BCUT2D eigenvalue weighted by Gasteiger charge is -2.31. The Hall–Kier alpha value is -2.77. The summed E-state index contributed by atoms with van der Waals surface area (Å²) in [6.07, 6.45) is -3.33. The second-order valence-electron chi connectivity index (χ2n) is 8.74. The number of hydrogen-bond donors (Lipinski definition) is 0. The number of likely N-dealkylation sites (tertiary alicyclic amines) is 1. The molecule has 2 aliphatic heterocycles. The van der Waals surface area contributed by atoms with Gasteiger partial charge in [0.05, 0.1) is 21.5 Å². The molecule has 5 rings (SSSR count). The van der Waals surface area contributed by atoms with Crippen LogP contribution in [-0.4, -0.2) is 50.5 Å². The Balaban J connectivity index is 1.11. The molecule has 14 heteroatoms. The van der Waals surface area contributed by atoms with Crippen molar-refractivity contribution in [2.45, 2.75) is 42.5 Å². The van der Waals surface area contributed by atoms with E-state index in [9.17, 15) is 22.4 Å². The van der Waals surface area contributed by atoms with E-state index in [2.05, 4.69) is 15.4 Å². The lowest BCUT2D eigenvalue weighted by Crippen LogP contribution is -2.38. The fourth-order valence-corrected chi connectivity index (χ4v) is 6.26. The first-order valence-corrected chi connectivity index (χ1v) is 13.9. The molecule has 2 aromatic heterocycles. The predicted molar refractivity (Wildman–Crippen MR) is 135 cm³/mol. The Morgan fingerprint density at radius 1 is 1.18 bits per heavy atom. The molecule has 200 valence electrons. The van der Waals surface area contributed by atoms with E-state index in [0.717, 1.165) is 35.7 Å². The Morgan fingerprint density at radius 2 is 1.97 bits per heavy atom. The summed E-state index contributed by atoms with van der Waals surface area (Å²) in [5, 5.41) is 14.2. The van der Waals surface area contributed by atoms with Crippen molar-refractivity contribution in [3.8, 4) is 0 Å². The second-order valence-corrected chi connectivity index (χ2v) is 11.0. The molecule has 1 atom stereocenters. The minimum Gasteiger partial charge on any atom is -0.387 e. The van der Waals surface area contributed by atoms with Crippen molar-refractivity contribution in [2.75, 3.05) is 18.8 Å². The normalized spacial score (nSPS) is 18.4. The maximum Gasteiger partial charge on any atom is 0.435 e. The second kappa shape index (κ2) is 11.1. The summed E-state index contributed by atoms with van der Waals surface area (Å²) in [5.41, 5.74) is 0.534. The number of rotatable bonds is 6. The van der Waals surface area contributed by atoms with Crippen molar-refractivity contribution in [3.05, 3.63) is 68.5 Å². The molecule has 7 nitrogen and oxygen atoms in total. The fraction of sp³-hybridized carbons (Fsp3) is 0.375. The van der Waals surface area contributed by atoms with Crippen molar-refractivity contribution >= 4 is 46.3 Å². The number of carbonyl (C=O) groups is 1. The van der Waals surface area contributed by atoms with E-state index >= 15 is 0 Å². The van der Waals surface area contributed by atoms with Gasteiger partial charge in [-0.15, -0.1) is 21.5 Å². The lowest BCUT2D eigenvalue weighted by atomic mass is 9.97. The van der Waals surface area contributed by atoms with Gasteiger partial charge in [-0.05, 0) is 37.1 Å². The minimum atomic E-state index is -4.55. The molecule has 0 N–H and O–H groups in total. The van der Waals surface area contributed by atoms with Crippen LogP contribution in [0.25, 0.3) is 0 Å². The standard InChI is InChI=1S/C24H20ClF4N5O2S2/c25-14-2-1-3-15(26)22(14)18-10-16(33-36-18)17-11-38-23(30-17)13-6-8-34(9-7-13)21(35)12-37-20-5-4-19(31-32-20)24(27,28)29/h1-5,11,13,18H,6-10,12H2. The number of alkyl halides is 3. The van der Waals surface area contributed by atoms with Gasteiger partial charge >= 0.3 is 6.18 Å². The molecule has 0 bridgehead atoms. The van der Waals surface area contributed by atoms with Gasteiger partial charge in [-0.2, -0.15) is 13.2 Å². The summed E-state index contributed by atoms with van der Waals surface area (Å²) < 4.78 is 52.1. The highest BCUT2D eigenvalue weighted by Gasteiger charge is 2.33. The molecule has 4 heterocycles. The van der Waals surface area contributed by atoms with E-state index < -0.39 is 23.8 Å². The highest BCUT2D eigenvalue weighted by Crippen LogP contribution is 2.37. The van der Waals surface area contributed by atoms with Crippen LogP contribution in [-0.2, 0) is 15.8 Å². The third kappa shape index (κ3) is 5.94. The van der Waals surface area contributed by atoms with Crippen LogP contribution >= 0.6 is 34.7 Å². The topological polar surface area (TPSA) is 80.6 Å². The Labute approximate surface area is 228 Å². The van der Waals surface area contributed by atoms with Crippen LogP contribution in [0, 0.1) is 5.82 Å². The van der Waals surface area contributed by atoms with E-state index in [4.69, 9.17) is 21.4 Å². The summed E-state index contributed by atoms with van der Waals surface area (Å²) in [6.45, 7) is 1.10. The van der Waals surface area contributed by atoms with Crippen molar-refractivity contribution in [1.82, 2.24) is 20.1 Å². The minimum absolute atomic E-state index is 0.0686. The molecular weight excluding hydrogens is 566 g/mol. The summed E-state index contributed by atoms with van der Waals surface area (Å²) in [6, 6.07) is 6.55. The molecule has 1 saturated heterocycles. The van der Waals surface area contributed by atoms with E-state index in [1.54, 1.807) is 11.0 Å². The number of amides is 1. The van der Waals surface area contributed by atoms with Gasteiger partial charge in [-0.25, -0.2) is 9.37 Å². The van der Waals surface area contributed by atoms with Crippen LogP contribution in [0.1, 0.15) is 53.2 Å². The molecule has 1 amide bonds. The van der Waals surface area contributed by atoms with Gasteiger partial charge in [0.2, 0.25) is 5.91 Å². The van der Waals surface area contributed by atoms with Crippen molar-refractivity contribution < 1.29 is 27.2 Å². The maximum atomic E-state index is 14.3. The van der Waals surface area contributed by atoms with E-state index in [0.29, 0.717) is 30.9 Å². The first kappa shape index (κ1) is 26.8. The number of aromatic nitrogens is 3. The van der Waals surface area contributed by atoms with Crippen molar-refractivity contribution in [3.63, 3.8) is 0 Å². The largest absolute Gasteiger partial charge is 0.435 e. The van der Waals surface area contributed by atoms with Crippen LogP contribution in [0.2, 0.25) is 5.02 Å². The molecule has 1 aromatic carbocycles. The third-order valence-corrected chi connectivity index (χ3v) is 8.52. The van der Waals surface area contributed by atoms with Crippen LogP contribution in [0.15, 0.2) is 45.9 Å². The SMILES string of the molecule is O=C(CSc1ccc(C(F)(F)F)nn1)N1CCC(c2nc(C3=NOC(c4c(F)cccc4Cl)C3)cs2)CC1. The van der Waals surface area contributed by atoms with Crippen molar-refractivity contribution in [1.29, 1.82) is 0 Å². The lowest BCUT2D eigenvalue weighted by molar-refractivity contribution is -0.141. The number of benzene rings is 1. The van der Waals surface area contributed by atoms with Crippen LogP contribution in [0.5, 0.6) is 0 Å². The number of thioether (sulfide) groups is 1. The van der Waals surface area contributed by atoms with E-state index in [1.807, 2.05) is 5.38 Å². The zero-order chi connectivity index (χ0) is 26.9. The first-order valence-electron chi connectivity index (χ1n) is 11.6. The number of piperidine rings is 1.